The molecule has 1 saturated carbocycles. The third kappa shape index (κ3) is 4.54. The lowest BCUT2D eigenvalue weighted by Crippen LogP contribution is -2.37. The summed E-state index contributed by atoms with van der Waals surface area (Å²) in [5.74, 6) is 2.64. The molecule has 2 aliphatic rings. The Balaban J connectivity index is 1.56. The summed E-state index contributed by atoms with van der Waals surface area (Å²) >= 11 is 0. The normalized spacial score (nSPS) is 25.6. The highest BCUT2D eigenvalue weighted by molar-refractivity contribution is 5.56. The van der Waals surface area contributed by atoms with Gasteiger partial charge in [0.1, 0.15) is 0 Å². The number of benzene rings is 1. The quantitative estimate of drug-likeness (QED) is 0.568. The molecule has 0 bridgehead atoms. The number of rotatable bonds is 5. The van der Waals surface area contributed by atoms with Crippen molar-refractivity contribution in [3.63, 3.8) is 0 Å². The number of piperidine rings is 1. The van der Waals surface area contributed by atoms with Gasteiger partial charge in [0.25, 0.3) is 6.43 Å². The van der Waals surface area contributed by atoms with Gasteiger partial charge in [0, 0.05) is 24.3 Å². The first-order valence-electron chi connectivity index (χ1n) is 10.2. The van der Waals surface area contributed by atoms with Gasteiger partial charge in [-0.25, -0.2) is 8.78 Å². The van der Waals surface area contributed by atoms with E-state index in [1.54, 1.807) is 6.07 Å². The van der Waals surface area contributed by atoms with Crippen LogP contribution in [-0.2, 0) is 0 Å². The summed E-state index contributed by atoms with van der Waals surface area (Å²) in [4.78, 5) is 2.19. The molecule has 0 aromatic heterocycles. The summed E-state index contributed by atoms with van der Waals surface area (Å²) in [5, 5.41) is 0. The molecule has 0 spiro atoms. The number of aryl methyl sites for hydroxylation is 1. The van der Waals surface area contributed by atoms with Crippen molar-refractivity contribution < 1.29 is 8.78 Å². The van der Waals surface area contributed by atoms with Crippen LogP contribution in [0.25, 0.3) is 0 Å². The molecule has 0 radical (unpaired) electrons. The van der Waals surface area contributed by atoms with Gasteiger partial charge in [-0.1, -0.05) is 44.2 Å². The Labute approximate surface area is 151 Å². The third-order valence-electron chi connectivity index (χ3n) is 6.55. The van der Waals surface area contributed by atoms with Gasteiger partial charge >= 0.3 is 0 Å². The summed E-state index contributed by atoms with van der Waals surface area (Å²) in [6.45, 7) is 6.04. The van der Waals surface area contributed by atoms with Crippen LogP contribution >= 0.6 is 0 Å². The van der Waals surface area contributed by atoms with Crippen molar-refractivity contribution in [3.8, 4) is 0 Å². The Kier molecular flexibility index (Phi) is 6.35. The van der Waals surface area contributed by atoms with Crippen molar-refractivity contribution in [1.82, 2.24) is 0 Å². The number of hydrogen-bond donors (Lipinski definition) is 0. The van der Waals surface area contributed by atoms with Crippen LogP contribution in [0.4, 0.5) is 14.5 Å². The van der Waals surface area contributed by atoms with Gasteiger partial charge in [0.15, 0.2) is 0 Å². The van der Waals surface area contributed by atoms with Gasteiger partial charge in [-0.05, 0) is 62.5 Å². The van der Waals surface area contributed by atoms with E-state index in [4.69, 9.17) is 0 Å². The van der Waals surface area contributed by atoms with Gasteiger partial charge in [0.2, 0.25) is 0 Å². The zero-order valence-corrected chi connectivity index (χ0v) is 15.8. The molecular weight excluding hydrogens is 316 g/mol. The Bertz CT molecular complexity index is 541. The van der Waals surface area contributed by atoms with Crippen LogP contribution in [0.3, 0.4) is 0 Å². The Morgan fingerprint density at radius 2 is 1.64 bits per heavy atom. The SMILES string of the molecule is CCCC1CCC(C2CCN(c3ccc(C)cc3C(F)F)CC2)CC1. The lowest BCUT2D eigenvalue weighted by atomic mass is 9.72. The molecule has 1 aromatic rings. The van der Waals surface area contributed by atoms with Crippen LogP contribution in [0.1, 0.15) is 75.8 Å². The van der Waals surface area contributed by atoms with E-state index < -0.39 is 6.43 Å². The monoisotopic (exact) mass is 349 g/mol. The first-order chi connectivity index (χ1) is 12.1. The molecule has 1 nitrogen and oxygen atoms in total. The van der Waals surface area contributed by atoms with Crippen LogP contribution in [-0.4, -0.2) is 13.1 Å². The third-order valence-corrected chi connectivity index (χ3v) is 6.55. The van der Waals surface area contributed by atoms with E-state index in [9.17, 15) is 8.78 Å². The van der Waals surface area contributed by atoms with E-state index in [1.165, 1.54) is 51.4 Å². The van der Waals surface area contributed by atoms with E-state index in [2.05, 4.69) is 11.8 Å². The van der Waals surface area contributed by atoms with Gasteiger partial charge in [-0.2, -0.15) is 0 Å². The Morgan fingerprint density at radius 3 is 2.24 bits per heavy atom. The molecular formula is C22H33F2N. The molecule has 3 rings (SSSR count). The maximum Gasteiger partial charge on any atom is 0.265 e. The first-order valence-corrected chi connectivity index (χ1v) is 10.2. The molecule has 1 aliphatic heterocycles. The molecule has 1 aromatic carbocycles. The zero-order chi connectivity index (χ0) is 17.8. The van der Waals surface area contributed by atoms with E-state index in [0.717, 1.165) is 42.1 Å². The summed E-state index contributed by atoms with van der Waals surface area (Å²) < 4.78 is 26.8. The summed E-state index contributed by atoms with van der Waals surface area (Å²) in [6.07, 6.45) is 8.26. The van der Waals surface area contributed by atoms with Crippen molar-refractivity contribution in [2.45, 2.75) is 71.6 Å². The fraction of sp³-hybridized carbons (Fsp3) is 0.727. The van der Waals surface area contributed by atoms with E-state index in [1.807, 2.05) is 19.1 Å². The van der Waals surface area contributed by atoms with Gasteiger partial charge in [-0.15, -0.1) is 0 Å². The molecule has 140 valence electrons. The average Bonchev–Trinajstić information content (AvgIpc) is 2.63. The minimum absolute atomic E-state index is 0.207. The Morgan fingerprint density at radius 1 is 1.00 bits per heavy atom. The van der Waals surface area contributed by atoms with Crippen LogP contribution < -0.4 is 4.90 Å². The minimum atomic E-state index is -2.39. The second-order valence-corrected chi connectivity index (χ2v) is 8.26. The van der Waals surface area contributed by atoms with Gasteiger partial charge in [-0.3, -0.25) is 0 Å². The number of nitrogens with zero attached hydrogens (tertiary/aromatic N) is 1. The molecule has 0 unspecified atom stereocenters. The highest BCUT2D eigenvalue weighted by Crippen LogP contribution is 2.40. The van der Waals surface area contributed by atoms with Crippen LogP contribution in [0.2, 0.25) is 0 Å². The summed E-state index contributed by atoms with van der Waals surface area (Å²) in [5.41, 5.74) is 1.88. The molecule has 0 amide bonds. The molecule has 0 atom stereocenters. The van der Waals surface area contributed by atoms with E-state index in [0.29, 0.717) is 0 Å². The van der Waals surface area contributed by atoms with Gasteiger partial charge < -0.3 is 4.90 Å². The standard InChI is InChI=1S/C22H33F2N/c1-3-4-17-6-8-18(9-7-17)19-11-13-25(14-12-19)21-10-5-16(2)15-20(21)22(23)24/h5,10,15,17-19,22H,3-4,6-9,11-14H2,1-2H3. The highest BCUT2D eigenvalue weighted by atomic mass is 19.3. The highest BCUT2D eigenvalue weighted by Gasteiger charge is 2.31. The maximum absolute atomic E-state index is 13.4. The van der Waals surface area contributed by atoms with Crippen LogP contribution in [0.15, 0.2) is 18.2 Å². The fourth-order valence-electron chi connectivity index (χ4n) is 5.11. The van der Waals surface area contributed by atoms with Crippen LogP contribution in [0, 0.1) is 24.7 Å². The van der Waals surface area contributed by atoms with Crippen molar-refractivity contribution in [1.29, 1.82) is 0 Å². The van der Waals surface area contributed by atoms with Crippen molar-refractivity contribution >= 4 is 5.69 Å². The van der Waals surface area contributed by atoms with Crippen molar-refractivity contribution in [3.05, 3.63) is 29.3 Å². The summed E-state index contributed by atoms with van der Waals surface area (Å²) in [7, 11) is 0. The predicted molar refractivity (Wildman–Crippen MR) is 101 cm³/mol. The summed E-state index contributed by atoms with van der Waals surface area (Å²) in [6, 6.07) is 5.51. The predicted octanol–water partition coefficient (Wildman–Crippen LogP) is 6.76. The smallest absolute Gasteiger partial charge is 0.265 e. The minimum Gasteiger partial charge on any atom is -0.371 e. The second kappa shape index (κ2) is 8.51. The molecule has 2 fully saturated rings. The lowest BCUT2D eigenvalue weighted by Gasteiger charge is -2.40. The second-order valence-electron chi connectivity index (χ2n) is 8.26. The van der Waals surface area contributed by atoms with Gasteiger partial charge in [0.05, 0.1) is 0 Å². The van der Waals surface area contributed by atoms with Crippen molar-refractivity contribution in [2.75, 3.05) is 18.0 Å². The maximum atomic E-state index is 13.4. The topological polar surface area (TPSA) is 3.24 Å². The molecule has 1 heterocycles. The van der Waals surface area contributed by atoms with E-state index in [-0.39, 0.29) is 5.56 Å². The molecule has 1 saturated heterocycles. The van der Waals surface area contributed by atoms with Crippen molar-refractivity contribution in [2.24, 2.45) is 17.8 Å². The lowest BCUT2D eigenvalue weighted by molar-refractivity contribution is 0.151. The number of anilines is 1. The number of alkyl halides is 2. The molecule has 3 heteroatoms. The average molecular weight is 350 g/mol. The number of halogens is 2. The Hall–Kier alpha value is -1.12. The zero-order valence-electron chi connectivity index (χ0n) is 15.8. The first kappa shape index (κ1) is 18.7. The molecule has 0 N–H and O–H groups in total. The largest absolute Gasteiger partial charge is 0.371 e. The molecule has 25 heavy (non-hydrogen) atoms. The fourth-order valence-corrected chi connectivity index (χ4v) is 5.11. The van der Waals surface area contributed by atoms with E-state index >= 15 is 0 Å². The number of hydrogen-bond acceptors (Lipinski definition) is 1. The molecule has 1 aliphatic carbocycles. The van der Waals surface area contributed by atoms with Crippen LogP contribution in [0.5, 0.6) is 0 Å².